The minimum Gasteiger partial charge on any atom is -0.379 e. The summed E-state index contributed by atoms with van der Waals surface area (Å²) in [6, 6.07) is 2.34. The normalized spacial score (nSPS) is 10.8. The Bertz CT molecular complexity index is 467. The molecule has 1 aromatic rings. The number of halogens is 2. The summed E-state index contributed by atoms with van der Waals surface area (Å²) in [6.45, 7) is 7.61. The molecule has 0 spiro atoms. The molecule has 1 N–H and O–H groups in total. The third-order valence-electron chi connectivity index (χ3n) is 3.10. The van der Waals surface area contributed by atoms with Crippen LogP contribution in [0.4, 0.5) is 15.8 Å². The van der Waals surface area contributed by atoms with Gasteiger partial charge in [-0.15, -0.1) is 0 Å². The van der Waals surface area contributed by atoms with E-state index in [2.05, 4.69) is 40.0 Å². The van der Waals surface area contributed by atoms with Gasteiger partial charge in [0.1, 0.15) is 11.5 Å². The van der Waals surface area contributed by atoms with Crippen molar-refractivity contribution in [3.05, 3.63) is 32.5 Å². The summed E-state index contributed by atoms with van der Waals surface area (Å²) in [5.41, 5.74) is 0.0939. The summed E-state index contributed by atoms with van der Waals surface area (Å²) in [6.07, 6.45) is 0.844. The molecule has 0 heterocycles. The van der Waals surface area contributed by atoms with Gasteiger partial charge >= 0.3 is 0 Å². The van der Waals surface area contributed by atoms with E-state index in [4.69, 9.17) is 0 Å². The molecule has 5 nitrogen and oxygen atoms in total. The minimum atomic E-state index is -0.517. The van der Waals surface area contributed by atoms with E-state index in [0.717, 1.165) is 32.1 Å². The van der Waals surface area contributed by atoms with Crippen LogP contribution in [0, 0.1) is 15.9 Å². The van der Waals surface area contributed by atoms with Crippen molar-refractivity contribution in [3.63, 3.8) is 0 Å². The molecule has 0 amide bonds. The fraction of sp³-hybridized carbons (Fsp3) is 0.538. The molecule has 1 rings (SSSR count). The van der Waals surface area contributed by atoms with Crippen LogP contribution in [0.5, 0.6) is 0 Å². The van der Waals surface area contributed by atoms with Crippen molar-refractivity contribution in [2.24, 2.45) is 0 Å². The third kappa shape index (κ3) is 4.72. The Morgan fingerprint density at radius 2 is 2.05 bits per heavy atom. The maximum atomic E-state index is 13.5. The molecule has 0 aliphatic carbocycles. The molecule has 0 saturated heterocycles. The van der Waals surface area contributed by atoms with E-state index in [1.54, 1.807) is 0 Å². The van der Waals surface area contributed by atoms with E-state index in [1.807, 2.05) is 0 Å². The van der Waals surface area contributed by atoms with Crippen molar-refractivity contribution < 1.29 is 9.31 Å². The third-order valence-corrected chi connectivity index (χ3v) is 3.70. The van der Waals surface area contributed by atoms with Gasteiger partial charge in [0.05, 0.1) is 9.40 Å². The Kier molecular flexibility index (Phi) is 6.87. The monoisotopic (exact) mass is 347 g/mol. The van der Waals surface area contributed by atoms with Crippen molar-refractivity contribution in [2.45, 2.75) is 20.3 Å². The molecule has 1 aromatic carbocycles. The standard InChI is InChI=1S/C13H19BrFN3O2/c1-3-17(4-2)7-5-6-16-12-9-11(15)10(14)8-13(12)18(19)20/h8-9,16H,3-7H2,1-2H3. The van der Waals surface area contributed by atoms with Crippen LogP contribution in [0.1, 0.15) is 20.3 Å². The maximum Gasteiger partial charge on any atom is 0.293 e. The summed E-state index contributed by atoms with van der Waals surface area (Å²) in [5.74, 6) is -0.512. The molecule has 0 saturated carbocycles. The fourth-order valence-corrected chi connectivity index (χ4v) is 2.23. The van der Waals surface area contributed by atoms with Crippen molar-refractivity contribution in [2.75, 3.05) is 31.5 Å². The van der Waals surface area contributed by atoms with Gasteiger partial charge in [-0.05, 0) is 42.0 Å². The number of rotatable bonds is 8. The van der Waals surface area contributed by atoms with E-state index < -0.39 is 10.7 Å². The van der Waals surface area contributed by atoms with Crippen molar-refractivity contribution in [3.8, 4) is 0 Å². The average Bonchev–Trinajstić information content (AvgIpc) is 2.42. The smallest absolute Gasteiger partial charge is 0.293 e. The largest absolute Gasteiger partial charge is 0.379 e. The summed E-state index contributed by atoms with van der Waals surface area (Å²) in [5, 5.41) is 13.9. The van der Waals surface area contributed by atoms with Crippen molar-refractivity contribution in [1.82, 2.24) is 4.90 Å². The van der Waals surface area contributed by atoms with Gasteiger partial charge in [0.15, 0.2) is 0 Å². The number of anilines is 1. The summed E-state index contributed by atoms with van der Waals surface area (Å²) in [4.78, 5) is 12.7. The molecular weight excluding hydrogens is 329 g/mol. The lowest BCUT2D eigenvalue weighted by Crippen LogP contribution is -2.25. The molecule has 0 radical (unpaired) electrons. The molecule has 0 aliphatic rings. The lowest BCUT2D eigenvalue weighted by molar-refractivity contribution is -0.384. The zero-order chi connectivity index (χ0) is 15.1. The van der Waals surface area contributed by atoms with Crippen molar-refractivity contribution in [1.29, 1.82) is 0 Å². The molecule has 0 atom stereocenters. The van der Waals surface area contributed by atoms with Crippen LogP contribution < -0.4 is 5.32 Å². The van der Waals surface area contributed by atoms with Gasteiger partial charge in [-0.25, -0.2) is 4.39 Å². The fourth-order valence-electron chi connectivity index (χ4n) is 1.89. The highest BCUT2D eigenvalue weighted by atomic mass is 79.9. The Balaban J connectivity index is 2.63. The van der Waals surface area contributed by atoms with E-state index >= 15 is 0 Å². The first kappa shape index (κ1) is 16.8. The topological polar surface area (TPSA) is 58.4 Å². The lowest BCUT2D eigenvalue weighted by Gasteiger charge is -2.17. The van der Waals surface area contributed by atoms with Gasteiger partial charge in [-0.1, -0.05) is 13.8 Å². The molecule has 7 heteroatoms. The second kappa shape index (κ2) is 8.16. The number of hydrogen-bond donors (Lipinski definition) is 1. The molecule has 0 aliphatic heterocycles. The summed E-state index contributed by atoms with van der Waals surface area (Å²) >= 11 is 2.95. The molecule has 112 valence electrons. The minimum absolute atomic E-state index is 0.0953. The molecule has 0 aromatic heterocycles. The Morgan fingerprint density at radius 3 is 2.60 bits per heavy atom. The highest BCUT2D eigenvalue weighted by molar-refractivity contribution is 9.10. The first-order valence-electron chi connectivity index (χ1n) is 6.59. The first-order chi connectivity index (χ1) is 9.49. The highest BCUT2D eigenvalue weighted by Crippen LogP contribution is 2.30. The Morgan fingerprint density at radius 1 is 1.40 bits per heavy atom. The number of nitrogens with zero attached hydrogens (tertiary/aromatic N) is 2. The average molecular weight is 348 g/mol. The van der Waals surface area contributed by atoms with Crippen molar-refractivity contribution >= 4 is 27.3 Å². The molecule has 20 heavy (non-hydrogen) atoms. The number of benzene rings is 1. The SMILES string of the molecule is CCN(CC)CCCNc1cc(F)c(Br)cc1[N+](=O)[O-]. The van der Waals surface area contributed by atoms with E-state index in [9.17, 15) is 14.5 Å². The zero-order valence-electron chi connectivity index (χ0n) is 11.7. The molecule has 0 bridgehead atoms. The Hall–Kier alpha value is -1.21. The number of nitro groups is 1. The van der Waals surface area contributed by atoms with Crippen LogP contribution >= 0.6 is 15.9 Å². The van der Waals surface area contributed by atoms with Crippen LogP contribution in [-0.4, -0.2) is 36.0 Å². The molecule has 0 unspecified atom stereocenters. The van der Waals surface area contributed by atoms with Crippen LogP contribution in [0.2, 0.25) is 0 Å². The zero-order valence-corrected chi connectivity index (χ0v) is 13.2. The van der Waals surface area contributed by atoms with E-state index in [1.165, 1.54) is 6.07 Å². The van der Waals surface area contributed by atoms with Gasteiger partial charge in [0, 0.05) is 18.7 Å². The van der Waals surface area contributed by atoms with Crippen LogP contribution in [0.25, 0.3) is 0 Å². The van der Waals surface area contributed by atoms with Gasteiger partial charge < -0.3 is 10.2 Å². The quantitative estimate of drug-likeness (QED) is 0.443. The van der Waals surface area contributed by atoms with Crippen LogP contribution in [0.3, 0.4) is 0 Å². The molecular formula is C13H19BrFN3O2. The van der Waals surface area contributed by atoms with E-state index in [0.29, 0.717) is 6.54 Å². The lowest BCUT2D eigenvalue weighted by atomic mass is 10.2. The predicted molar refractivity (Wildman–Crippen MR) is 81.6 cm³/mol. The number of hydrogen-bond acceptors (Lipinski definition) is 4. The second-order valence-corrected chi connectivity index (χ2v) is 5.20. The number of nitrogens with one attached hydrogen (secondary N) is 1. The van der Waals surface area contributed by atoms with Gasteiger partial charge in [-0.3, -0.25) is 10.1 Å². The van der Waals surface area contributed by atoms with Crippen LogP contribution in [-0.2, 0) is 0 Å². The first-order valence-corrected chi connectivity index (χ1v) is 7.38. The van der Waals surface area contributed by atoms with Crippen LogP contribution in [0.15, 0.2) is 16.6 Å². The Labute approximate surface area is 126 Å². The highest BCUT2D eigenvalue weighted by Gasteiger charge is 2.17. The van der Waals surface area contributed by atoms with E-state index in [-0.39, 0.29) is 15.8 Å². The van der Waals surface area contributed by atoms with Gasteiger partial charge in [-0.2, -0.15) is 0 Å². The molecule has 0 fully saturated rings. The van der Waals surface area contributed by atoms with Gasteiger partial charge in [0.25, 0.3) is 5.69 Å². The number of nitro benzene ring substituents is 1. The van der Waals surface area contributed by atoms with Gasteiger partial charge in [0.2, 0.25) is 0 Å². The summed E-state index contributed by atoms with van der Waals surface area (Å²) in [7, 11) is 0. The second-order valence-electron chi connectivity index (χ2n) is 4.35. The maximum absolute atomic E-state index is 13.5. The summed E-state index contributed by atoms with van der Waals surface area (Å²) < 4.78 is 13.5. The predicted octanol–water partition coefficient (Wildman–Crippen LogP) is 3.64.